The second-order valence-electron chi connectivity index (χ2n) is 5.34. The Kier molecular flexibility index (Phi) is 2.70. The minimum Gasteiger partial charge on any atom is -0.327 e. The number of aryl methyl sites for hydroxylation is 1. The van der Waals surface area contributed by atoms with Crippen LogP contribution >= 0.6 is 0 Å². The molecule has 0 amide bonds. The van der Waals surface area contributed by atoms with Crippen LogP contribution in [0.15, 0.2) is 48.8 Å². The van der Waals surface area contributed by atoms with E-state index >= 15 is 0 Å². The molecular weight excluding hydrogens is 274 g/mol. The van der Waals surface area contributed by atoms with Crippen LogP contribution in [0, 0.1) is 18.3 Å². The monoisotopic (exact) mass is 287 g/mol. The molecule has 3 aromatic heterocycles. The maximum atomic E-state index is 9.48. The first kappa shape index (κ1) is 12.6. The fourth-order valence-electron chi connectivity index (χ4n) is 2.87. The number of hydrogen-bond donors (Lipinski definition) is 0. The van der Waals surface area contributed by atoms with E-state index in [0.717, 1.165) is 27.8 Å². The van der Waals surface area contributed by atoms with Gasteiger partial charge in [0, 0.05) is 6.54 Å². The lowest BCUT2D eigenvalue weighted by Gasteiger charge is -2.08. The smallest absolute Gasteiger partial charge is 0.164 e. The quantitative estimate of drug-likeness (QED) is 0.569. The lowest BCUT2D eigenvalue weighted by Crippen LogP contribution is -2.02. The van der Waals surface area contributed by atoms with E-state index in [2.05, 4.69) is 34.5 Å². The highest BCUT2D eigenvalue weighted by Gasteiger charge is 2.14. The minimum atomic E-state index is 0.638. The van der Waals surface area contributed by atoms with Gasteiger partial charge in [0.05, 0.1) is 11.0 Å². The molecule has 4 rings (SSSR count). The Balaban J connectivity index is 2.01. The lowest BCUT2D eigenvalue weighted by molar-refractivity contribution is 0.822. The number of fused-ring (bicyclic) bond motifs is 3. The Morgan fingerprint density at radius 2 is 1.95 bits per heavy atom. The van der Waals surface area contributed by atoms with Gasteiger partial charge in [-0.3, -0.25) is 4.40 Å². The molecule has 5 nitrogen and oxygen atoms in total. The Hall–Kier alpha value is -3.13. The lowest BCUT2D eigenvalue weighted by atomic mass is 10.2. The van der Waals surface area contributed by atoms with Gasteiger partial charge >= 0.3 is 0 Å². The molecule has 0 spiro atoms. The zero-order chi connectivity index (χ0) is 15.1. The number of nitriles is 1. The van der Waals surface area contributed by atoms with E-state index in [1.54, 1.807) is 6.33 Å². The standard InChI is InChI=1S/C17H13N5/c1-12-7-15-16(22-11-19-20-17(12)22)8-14(9-18)21(15)10-13-5-3-2-4-6-13/h2-8,11H,10H2,1H3. The van der Waals surface area contributed by atoms with Crippen molar-refractivity contribution in [3.63, 3.8) is 0 Å². The molecule has 0 aliphatic rings. The summed E-state index contributed by atoms with van der Waals surface area (Å²) in [6.45, 7) is 2.68. The van der Waals surface area contributed by atoms with Crippen LogP contribution in [-0.4, -0.2) is 19.2 Å². The number of pyridine rings is 1. The van der Waals surface area contributed by atoms with Gasteiger partial charge in [-0.1, -0.05) is 30.3 Å². The number of nitrogens with zero attached hydrogens (tertiary/aromatic N) is 5. The van der Waals surface area contributed by atoms with Crippen LogP contribution < -0.4 is 0 Å². The van der Waals surface area contributed by atoms with Crippen LogP contribution in [0.2, 0.25) is 0 Å². The van der Waals surface area contributed by atoms with Crippen molar-refractivity contribution in [1.82, 2.24) is 19.2 Å². The van der Waals surface area contributed by atoms with E-state index in [1.807, 2.05) is 40.2 Å². The van der Waals surface area contributed by atoms with Crippen LogP contribution in [0.4, 0.5) is 0 Å². The molecule has 106 valence electrons. The molecule has 1 aromatic carbocycles. The van der Waals surface area contributed by atoms with Crippen molar-refractivity contribution in [2.45, 2.75) is 13.5 Å². The molecule has 0 aliphatic heterocycles. The van der Waals surface area contributed by atoms with E-state index in [-0.39, 0.29) is 0 Å². The number of aromatic nitrogens is 4. The van der Waals surface area contributed by atoms with E-state index in [1.165, 1.54) is 0 Å². The Bertz CT molecular complexity index is 1020. The van der Waals surface area contributed by atoms with Crippen LogP contribution in [-0.2, 0) is 6.54 Å². The maximum Gasteiger partial charge on any atom is 0.164 e. The van der Waals surface area contributed by atoms with Crippen molar-refractivity contribution in [3.05, 3.63) is 65.6 Å². The summed E-state index contributed by atoms with van der Waals surface area (Å²) >= 11 is 0. The number of benzene rings is 1. The first-order valence-electron chi connectivity index (χ1n) is 7.04. The van der Waals surface area contributed by atoms with Gasteiger partial charge in [-0.25, -0.2) is 0 Å². The predicted octanol–water partition coefficient (Wildman–Crippen LogP) is 2.91. The molecule has 22 heavy (non-hydrogen) atoms. The first-order valence-corrected chi connectivity index (χ1v) is 7.04. The van der Waals surface area contributed by atoms with Crippen molar-refractivity contribution in [2.24, 2.45) is 0 Å². The molecule has 0 atom stereocenters. The molecule has 0 saturated heterocycles. The maximum absolute atomic E-state index is 9.48. The second-order valence-corrected chi connectivity index (χ2v) is 5.34. The molecule has 4 aromatic rings. The van der Waals surface area contributed by atoms with Gasteiger partial charge in [-0.05, 0) is 30.2 Å². The van der Waals surface area contributed by atoms with E-state index in [9.17, 15) is 5.26 Å². The molecule has 0 bridgehead atoms. The Labute approximate surface area is 127 Å². The van der Waals surface area contributed by atoms with Crippen LogP contribution in [0.3, 0.4) is 0 Å². The molecular formula is C17H13N5. The SMILES string of the molecule is Cc1cc2c(cc(C#N)n2Cc2ccccc2)n2cnnc12. The zero-order valence-corrected chi connectivity index (χ0v) is 12.1. The normalized spacial score (nSPS) is 11.1. The third kappa shape index (κ3) is 1.78. The largest absolute Gasteiger partial charge is 0.327 e. The van der Waals surface area contributed by atoms with Crippen LogP contribution in [0.1, 0.15) is 16.8 Å². The highest BCUT2D eigenvalue weighted by atomic mass is 15.2. The van der Waals surface area contributed by atoms with Crippen molar-refractivity contribution >= 4 is 16.7 Å². The number of hydrogen-bond acceptors (Lipinski definition) is 3. The van der Waals surface area contributed by atoms with E-state index in [4.69, 9.17) is 0 Å². The summed E-state index contributed by atoms with van der Waals surface area (Å²) in [5.41, 5.74) is 5.65. The average molecular weight is 287 g/mol. The highest BCUT2D eigenvalue weighted by Crippen LogP contribution is 2.24. The van der Waals surface area contributed by atoms with Gasteiger partial charge < -0.3 is 4.57 Å². The summed E-state index contributed by atoms with van der Waals surface area (Å²) in [4.78, 5) is 0. The van der Waals surface area contributed by atoms with Crippen molar-refractivity contribution < 1.29 is 0 Å². The van der Waals surface area contributed by atoms with E-state index < -0.39 is 0 Å². The topological polar surface area (TPSA) is 58.9 Å². The van der Waals surface area contributed by atoms with Crippen molar-refractivity contribution in [1.29, 1.82) is 5.26 Å². The second kappa shape index (κ2) is 4.71. The minimum absolute atomic E-state index is 0.638. The summed E-state index contributed by atoms with van der Waals surface area (Å²) in [5, 5.41) is 17.6. The molecule has 0 aliphatic carbocycles. The molecule has 0 unspecified atom stereocenters. The molecule has 5 heteroatoms. The van der Waals surface area contributed by atoms with E-state index in [0.29, 0.717) is 12.2 Å². The fraction of sp³-hybridized carbons (Fsp3) is 0.118. The van der Waals surface area contributed by atoms with Crippen molar-refractivity contribution in [3.8, 4) is 6.07 Å². The Morgan fingerprint density at radius 3 is 2.73 bits per heavy atom. The first-order chi connectivity index (χ1) is 10.8. The third-order valence-corrected chi connectivity index (χ3v) is 3.93. The van der Waals surface area contributed by atoms with Gasteiger partial charge in [-0.15, -0.1) is 10.2 Å². The number of rotatable bonds is 2. The van der Waals surface area contributed by atoms with Gasteiger partial charge in [-0.2, -0.15) is 5.26 Å². The zero-order valence-electron chi connectivity index (χ0n) is 12.1. The fourth-order valence-corrected chi connectivity index (χ4v) is 2.87. The average Bonchev–Trinajstić information content (AvgIpc) is 3.14. The Morgan fingerprint density at radius 1 is 1.14 bits per heavy atom. The predicted molar refractivity (Wildman–Crippen MR) is 83.5 cm³/mol. The van der Waals surface area contributed by atoms with Gasteiger partial charge in [0.25, 0.3) is 0 Å². The summed E-state index contributed by atoms with van der Waals surface area (Å²) in [7, 11) is 0. The summed E-state index contributed by atoms with van der Waals surface area (Å²) in [6, 6.07) is 16.4. The highest BCUT2D eigenvalue weighted by molar-refractivity contribution is 5.83. The molecule has 0 N–H and O–H groups in total. The van der Waals surface area contributed by atoms with Crippen molar-refractivity contribution in [2.75, 3.05) is 0 Å². The molecule has 0 saturated carbocycles. The third-order valence-electron chi connectivity index (χ3n) is 3.93. The van der Waals surface area contributed by atoms with Crippen LogP contribution in [0.5, 0.6) is 0 Å². The summed E-state index contributed by atoms with van der Waals surface area (Å²) in [6.07, 6.45) is 1.69. The molecule has 0 radical (unpaired) electrons. The van der Waals surface area contributed by atoms with Crippen LogP contribution in [0.25, 0.3) is 16.7 Å². The van der Waals surface area contributed by atoms with Gasteiger partial charge in [0.15, 0.2) is 5.65 Å². The molecule has 0 fully saturated rings. The molecule has 3 heterocycles. The van der Waals surface area contributed by atoms with Gasteiger partial charge in [0.1, 0.15) is 18.1 Å². The summed E-state index contributed by atoms with van der Waals surface area (Å²) in [5.74, 6) is 0. The van der Waals surface area contributed by atoms with Gasteiger partial charge in [0.2, 0.25) is 0 Å². The summed E-state index contributed by atoms with van der Waals surface area (Å²) < 4.78 is 3.98.